The molecule has 0 N–H and O–H groups in total. The average molecular weight is 351 g/mol. The zero-order valence-electron chi connectivity index (χ0n) is 14.7. The van der Waals surface area contributed by atoms with E-state index in [4.69, 9.17) is 4.74 Å². The molecule has 1 saturated heterocycles. The largest absolute Gasteiger partial charge is 0.481 e. The van der Waals surface area contributed by atoms with Gasteiger partial charge in [-0.3, -0.25) is 0 Å². The van der Waals surface area contributed by atoms with Crippen molar-refractivity contribution in [3.05, 3.63) is 30.2 Å². The number of aromatic nitrogens is 4. The lowest BCUT2D eigenvalue weighted by Gasteiger charge is -2.39. The van der Waals surface area contributed by atoms with Crippen molar-refractivity contribution in [2.45, 2.75) is 37.8 Å². The Kier molecular flexibility index (Phi) is 4.52. The van der Waals surface area contributed by atoms with Gasteiger partial charge in [0.05, 0.1) is 18.9 Å². The maximum Gasteiger partial charge on any atom is 0.218 e. The fourth-order valence-electron chi connectivity index (χ4n) is 3.61. The molecule has 0 spiro atoms. The Morgan fingerprint density at radius 3 is 2.65 bits per heavy atom. The highest BCUT2D eigenvalue weighted by Gasteiger charge is 2.37. The van der Waals surface area contributed by atoms with E-state index in [9.17, 15) is 5.26 Å². The number of anilines is 2. The number of hydrogen-bond acceptors (Lipinski definition) is 8. The fourth-order valence-corrected chi connectivity index (χ4v) is 3.61. The first-order valence-electron chi connectivity index (χ1n) is 8.91. The third-order valence-corrected chi connectivity index (χ3v) is 5.02. The molecule has 2 aliphatic rings. The molecule has 1 aliphatic carbocycles. The number of rotatable bonds is 5. The van der Waals surface area contributed by atoms with Crippen LogP contribution < -0.4 is 14.5 Å². The summed E-state index contributed by atoms with van der Waals surface area (Å²) in [5, 5.41) is 17.4. The highest BCUT2D eigenvalue weighted by Crippen LogP contribution is 2.36. The molecular weight excluding hydrogens is 330 g/mol. The average Bonchev–Trinajstić information content (AvgIpc) is 3.54. The molecule has 1 aliphatic heterocycles. The molecule has 0 aromatic carbocycles. The molecule has 1 saturated carbocycles. The maximum atomic E-state index is 9.29. The summed E-state index contributed by atoms with van der Waals surface area (Å²) in [7, 11) is 1.62. The first kappa shape index (κ1) is 16.5. The van der Waals surface area contributed by atoms with Gasteiger partial charge in [0, 0.05) is 31.2 Å². The van der Waals surface area contributed by atoms with Gasteiger partial charge in [0.2, 0.25) is 5.88 Å². The van der Waals surface area contributed by atoms with Gasteiger partial charge < -0.3 is 14.5 Å². The van der Waals surface area contributed by atoms with Crippen LogP contribution in [0.3, 0.4) is 0 Å². The van der Waals surface area contributed by atoms with Crippen molar-refractivity contribution in [2.24, 2.45) is 0 Å². The molecule has 8 nitrogen and oxygen atoms in total. The van der Waals surface area contributed by atoms with E-state index in [0.29, 0.717) is 29.3 Å². The van der Waals surface area contributed by atoms with Gasteiger partial charge in [-0.15, -0.1) is 5.10 Å². The van der Waals surface area contributed by atoms with Crippen LogP contribution in [0.25, 0.3) is 0 Å². The predicted molar refractivity (Wildman–Crippen MR) is 96.1 cm³/mol. The van der Waals surface area contributed by atoms with Crippen molar-refractivity contribution in [3.8, 4) is 11.9 Å². The van der Waals surface area contributed by atoms with Crippen molar-refractivity contribution >= 4 is 11.6 Å². The smallest absolute Gasteiger partial charge is 0.218 e. The highest BCUT2D eigenvalue weighted by atomic mass is 16.5. The van der Waals surface area contributed by atoms with Crippen molar-refractivity contribution in [1.82, 2.24) is 20.2 Å². The number of hydrogen-bond donors (Lipinski definition) is 0. The second-order valence-electron chi connectivity index (χ2n) is 6.66. The van der Waals surface area contributed by atoms with E-state index in [0.717, 1.165) is 31.7 Å². The van der Waals surface area contributed by atoms with Crippen LogP contribution in [0.15, 0.2) is 24.7 Å². The summed E-state index contributed by atoms with van der Waals surface area (Å²) in [4.78, 5) is 13.2. The molecule has 2 aromatic rings. The zero-order valence-corrected chi connectivity index (χ0v) is 14.7. The number of ether oxygens (including phenoxy) is 1. The lowest BCUT2D eigenvalue weighted by Crippen LogP contribution is -2.47. The Labute approximate surface area is 152 Å². The van der Waals surface area contributed by atoms with Crippen molar-refractivity contribution in [3.63, 3.8) is 0 Å². The summed E-state index contributed by atoms with van der Waals surface area (Å²) in [5.41, 5.74) is 0.582. The molecule has 2 aromatic heterocycles. The molecule has 26 heavy (non-hydrogen) atoms. The maximum absolute atomic E-state index is 9.29. The monoisotopic (exact) mass is 351 g/mol. The third kappa shape index (κ3) is 3.25. The summed E-state index contributed by atoms with van der Waals surface area (Å²) in [6.07, 6.45) is 7.52. The molecule has 0 atom stereocenters. The van der Waals surface area contributed by atoms with E-state index in [1.807, 2.05) is 6.07 Å². The minimum absolute atomic E-state index is 0.417. The Morgan fingerprint density at radius 2 is 1.96 bits per heavy atom. The number of nitriles is 1. The van der Waals surface area contributed by atoms with Crippen LogP contribution in [-0.4, -0.2) is 52.4 Å². The standard InChI is InChI=1S/C18H21N7O/c1-26-17-10-16(20-12-21-17)25(14-2-3-14)15-5-8-24(9-6-15)18-13(11-19)4-7-22-23-18/h4,7,10,12,14-15H,2-3,5-6,8-9H2,1H3. The topological polar surface area (TPSA) is 91.1 Å². The van der Waals surface area contributed by atoms with Crippen LogP contribution in [0.5, 0.6) is 5.88 Å². The molecular formula is C18H21N7O. The van der Waals surface area contributed by atoms with Crippen LogP contribution in [-0.2, 0) is 0 Å². The molecule has 0 amide bonds. The van der Waals surface area contributed by atoms with E-state index >= 15 is 0 Å². The Morgan fingerprint density at radius 1 is 1.19 bits per heavy atom. The van der Waals surface area contributed by atoms with E-state index in [2.05, 4.69) is 36.0 Å². The van der Waals surface area contributed by atoms with Gasteiger partial charge in [-0.05, 0) is 31.7 Å². The molecule has 134 valence electrons. The minimum atomic E-state index is 0.417. The quantitative estimate of drug-likeness (QED) is 0.805. The summed E-state index contributed by atoms with van der Waals surface area (Å²) in [6, 6.07) is 6.82. The first-order valence-corrected chi connectivity index (χ1v) is 8.91. The van der Waals surface area contributed by atoms with Gasteiger partial charge in [0.25, 0.3) is 0 Å². The molecule has 8 heteroatoms. The van der Waals surface area contributed by atoms with Crippen molar-refractivity contribution < 1.29 is 4.74 Å². The third-order valence-electron chi connectivity index (χ3n) is 5.02. The van der Waals surface area contributed by atoms with Crippen molar-refractivity contribution in [1.29, 1.82) is 5.26 Å². The summed E-state index contributed by atoms with van der Waals surface area (Å²) >= 11 is 0. The minimum Gasteiger partial charge on any atom is -0.481 e. The van der Waals surface area contributed by atoms with Crippen LogP contribution in [0.4, 0.5) is 11.6 Å². The Bertz CT molecular complexity index is 809. The lowest BCUT2D eigenvalue weighted by molar-refractivity contribution is 0.395. The number of methoxy groups -OCH3 is 1. The normalized spacial score (nSPS) is 17.6. The molecule has 3 heterocycles. The van der Waals surface area contributed by atoms with E-state index < -0.39 is 0 Å². The Hall–Kier alpha value is -2.95. The first-order chi connectivity index (χ1) is 12.8. The molecule has 0 radical (unpaired) electrons. The summed E-state index contributed by atoms with van der Waals surface area (Å²) < 4.78 is 5.26. The second kappa shape index (κ2) is 7.12. The number of nitrogens with zero attached hydrogens (tertiary/aromatic N) is 7. The summed E-state index contributed by atoms with van der Waals surface area (Å²) in [5.74, 6) is 2.22. The van der Waals surface area contributed by atoms with Crippen LogP contribution >= 0.6 is 0 Å². The highest BCUT2D eigenvalue weighted by molar-refractivity contribution is 5.53. The van der Waals surface area contributed by atoms with Crippen LogP contribution in [0.2, 0.25) is 0 Å². The molecule has 0 bridgehead atoms. The molecule has 0 unspecified atom stereocenters. The van der Waals surface area contributed by atoms with Crippen LogP contribution in [0, 0.1) is 11.3 Å². The molecule has 4 rings (SSSR count). The fraction of sp³-hybridized carbons (Fsp3) is 0.500. The van der Waals surface area contributed by atoms with Crippen LogP contribution in [0.1, 0.15) is 31.2 Å². The van der Waals surface area contributed by atoms with Gasteiger partial charge in [-0.2, -0.15) is 10.4 Å². The zero-order chi connectivity index (χ0) is 17.9. The molecule has 2 fully saturated rings. The van der Waals surface area contributed by atoms with Crippen molar-refractivity contribution in [2.75, 3.05) is 30.0 Å². The van der Waals surface area contributed by atoms with Gasteiger partial charge in [0.15, 0.2) is 5.82 Å². The van der Waals surface area contributed by atoms with Gasteiger partial charge in [0.1, 0.15) is 18.2 Å². The second-order valence-corrected chi connectivity index (χ2v) is 6.66. The van der Waals surface area contributed by atoms with Gasteiger partial charge in [-0.25, -0.2) is 9.97 Å². The SMILES string of the molecule is COc1cc(N(C2CC2)C2CCN(c3nnccc3C#N)CC2)ncn1. The van der Waals surface area contributed by atoms with Gasteiger partial charge >= 0.3 is 0 Å². The van der Waals surface area contributed by atoms with E-state index in [1.165, 1.54) is 12.8 Å². The predicted octanol–water partition coefficient (Wildman–Crippen LogP) is 1.78. The van der Waals surface area contributed by atoms with E-state index in [1.54, 1.807) is 25.7 Å². The van der Waals surface area contributed by atoms with Gasteiger partial charge in [-0.1, -0.05) is 0 Å². The lowest BCUT2D eigenvalue weighted by atomic mass is 10.0. The Balaban J connectivity index is 1.50. The van der Waals surface area contributed by atoms with E-state index in [-0.39, 0.29) is 0 Å². The summed E-state index contributed by atoms with van der Waals surface area (Å²) in [6.45, 7) is 1.70. The number of piperidine rings is 1.